The van der Waals surface area contributed by atoms with Gasteiger partial charge in [-0.3, -0.25) is 10.1 Å². The average molecular weight is 266 g/mol. The van der Waals surface area contributed by atoms with Crippen molar-refractivity contribution in [2.75, 3.05) is 25.1 Å². The second kappa shape index (κ2) is 5.54. The summed E-state index contributed by atoms with van der Waals surface area (Å²) in [6.45, 7) is 3.06. The first-order chi connectivity index (χ1) is 9.06. The Morgan fingerprint density at radius 3 is 2.68 bits per heavy atom. The minimum atomic E-state index is -0.410. The molecule has 2 N–H and O–H groups in total. The summed E-state index contributed by atoms with van der Waals surface area (Å²) in [7, 11) is 0. The molecule has 1 aliphatic rings. The van der Waals surface area contributed by atoms with Crippen LogP contribution < -0.4 is 5.32 Å². The fourth-order valence-electron chi connectivity index (χ4n) is 2.27. The number of aryl methyl sites for hydroxylation is 1. The monoisotopic (exact) mass is 266 g/mol. The lowest BCUT2D eigenvalue weighted by molar-refractivity contribution is -0.384. The molecule has 0 aromatic heterocycles. The molecule has 1 aromatic carbocycles. The van der Waals surface area contributed by atoms with E-state index in [2.05, 4.69) is 5.32 Å². The molecule has 0 amide bonds. The Kier molecular flexibility index (Phi) is 4.01. The molecular weight excluding hydrogens is 248 g/mol. The highest BCUT2D eigenvalue weighted by molar-refractivity contribution is 5.56. The third-order valence-electron chi connectivity index (χ3n) is 3.57. The fraction of sp³-hybridized carbons (Fsp3) is 0.538. The number of aliphatic hydroxyl groups is 1. The van der Waals surface area contributed by atoms with E-state index in [1.165, 1.54) is 12.1 Å². The lowest BCUT2D eigenvalue weighted by Gasteiger charge is -2.37. The lowest BCUT2D eigenvalue weighted by Crippen LogP contribution is -2.47. The smallest absolute Gasteiger partial charge is 0.269 e. The van der Waals surface area contributed by atoms with Gasteiger partial charge in [0.05, 0.1) is 17.1 Å². The Morgan fingerprint density at radius 2 is 2.16 bits per heavy atom. The maximum atomic E-state index is 10.7. The first-order valence-corrected chi connectivity index (χ1v) is 6.28. The van der Waals surface area contributed by atoms with Crippen LogP contribution >= 0.6 is 0 Å². The third kappa shape index (κ3) is 3.02. The van der Waals surface area contributed by atoms with Gasteiger partial charge in [-0.1, -0.05) is 0 Å². The number of hydrogen-bond donors (Lipinski definition) is 2. The van der Waals surface area contributed by atoms with Crippen LogP contribution in [0.15, 0.2) is 18.2 Å². The third-order valence-corrected chi connectivity index (χ3v) is 3.57. The number of anilines is 1. The number of hydrogen-bond acceptors (Lipinski definition) is 5. The summed E-state index contributed by atoms with van der Waals surface area (Å²) >= 11 is 0. The summed E-state index contributed by atoms with van der Waals surface area (Å²) in [5.74, 6) is 0. The highest BCUT2D eigenvalue weighted by atomic mass is 16.6. The van der Waals surface area contributed by atoms with Gasteiger partial charge in [-0.05, 0) is 31.4 Å². The van der Waals surface area contributed by atoms with Gasteiger partial charge in [-0.15, -0.1) is 0 Å². The van der Waals surface area contributed by atoms with E-state index in [9.17, 15) is 15.2 Å². The molecule has 0 radical (unpaired) electrons. The summed E-state index contributed by atoms with van der Waals surface area (Å²) in [6.07, 6.45) is 1.44. The minimum Gasteiger partial charge on any atom is -0.394 e. The Labute approximate surface area is 111 Å². The van der Waals surface area contributed by atoms with Gasteiger partial charge >= 0.3 is 0 Å². The molecule has 1 aliphatic heterocycles. The Morgan fingerprint density at radius 1 is 1.47 bits per heavy atom. The molecule has 0 aliphatic carbocycles. The van der Waals surface area contributed by atoms with Gasteiger partial charge in [0.1, 0.15) is 0 Å². The first kappa shape index (κ1) is 13.8. The van der Waals surface area contributed by atoms with Crippen molar-refractivity contribution in [3.63, 3.8) is 0 Å². The van der Waals surface area contributed by atoms with Gasteiger partial charge in [0.2, 0.25) is 0 Å². The van der Waals surface area contributed by atoms with E-state index in [0.29, 0.717) is 13.2 Å². The molecule has 2 rings (SSSR count). The molecule has 1 heterocycles. The topological polar surface area (TPSA) is 84.6 Å². The number of nitrogens with one attached hydrogen (secondary N) is 1. The van der Waals surface area contributed by atoms with Crippen LogP contribution in [0.5, 0.6) is 0 Å². The van der Waals surface area contributed by atoms with Crippen molar-refractivity contribution in [2.24, 2.45) is 0 Å². The summed E-state index contributed by atoms with van der Waals surface area (Å²) in [5, 5.41) is 23.6. The number of rotatable bonds is 4. The van der Waals surface area contributed by atoms with Crippen molar-refractivity contribution < 1.29 is 14.8 Å². The number of nitro benzene ring substituents is 1. The minimum absolute atomic E-state index is 0.0206. The van der Waals surface area contributed by atoms with Gasteiger partial charge in [0.15, 0.2) is 0 Å². The lowest BCUT2D eigenvalue weighted by atomic mass is 9.90. The molecule has 6 nitrogen and oxygen atoms in total. The molecule has 104 valence electrons. The Bertz CT molecular complexity index is 470. The van der Waals surface area contributed by atoms with Gasteiger partial charge in [-0.25, -0.2) is 0 Å². The predicted molar refractivity (Wildman–Crippen MR) is 71.3 cm³/mol. The SMILES string of the molecule is Cc1cc([N+](=O)[O-])ccc1NC1(CO)CCOCC1. The number of aliphatic hydroxyl groups excluding tert-OH is 1. The highest BCUT2D eigenvalue weighted by Crippen LogP contribution is 2.29. The van der Waals surface area contributed by atoms with Gasteiger partial charge in [0.25, 0.3) is 5.69 Å². The molecule has 0 unspecified atom stereocenters. The molecule has 0 atom stereocenters. The highest BCUT2D eigenvalue weighted by Gasteiger charge is 2.32. The van der Waals surface area contributed by atoms with E-state index in [4.69, 9.17) is 4.74 Å². The Balaban J connectivity index is 2.20. The zero-order chi connectivity index (χ0) is 13.9. The van der Waals surface area contributed by atoms with Crippen molar-refractivity contribution in [2.45, 2.75) is 25.3 Å². The zero-order valence-corrected chi connectivity index (χ0v) is 10.9. The van der Waals surface area contributed by atoms with Crippen molar-refractivity contribution in [1.82, 2.24) is 0 Å². The quantitative estimate of drug-likeness (QED) is 0.641. The van der Waals surface area contributed by atoms with Crippen LogP contribution in [-0.2, 0) is 4.74 Å². The maximum absolute atomic E-state index is 10.7. The summed E-state index contributed by atoms with van der Waals surface area (Å²) in [6, 6.07) is 4.70. The fourth-order valence-corrected chi connectivity index (χ4v) is 2.27. The van der Waals surface area contributed by atoms with Crippen LogP contribution in [-0.4, -0.2) is 35.4 Å². The molecule has 6 heteroatoms. The van der Waals surface area contributed by atoms with E-state index >= 15 is 0 Å². The number of non-ortho nitro benzene ring substituents is 1. The van der Waals surface area contributed by atoms with E-state index in [1.54, 1.807) is 6.07 Å². The maximum Gasteiger partial charge on any atom is 0.269 e. The standard InChI is InChI=1S/C13H18N2O4/c1-10-8-11(15(17)18)2-3-12(10)14-13(9-16)4-6-19-7-5-13/h2-3,8,14,16H,4-7,9H2,1H3. The molecule has 1 saturated heterocycles. The van der Waals surface area contributed by atoms with Crippen LogP contribution in [0.25, 0.3) is 0 Å². The number of ether oxygens (including phenoxy) is 1. The van der Waals surface area contributed by atoms with Crippen LogP contribution in [0.3, 0.4) is 0 Å². The molecule has 0 spiro atoms. The van der Waals surface area contributed by atoms with Crippen molar-refractivity contribution in [3.8, 4) is 0 Å². The average Bonchev–Trinajstić information content (AvgIpc) is 2.42. The van der Waals surface area contributed by atoms with Gasteiger partial charge in [0, 0.05) is 31.0 Å². The van der Waals surface area contributed by atoms with Gasteiger partial charge in [-0.2, -0.15) is 0 Å². The first-order valence-electron chi connectivity index (χ1n) is 6.28. The summed E-state index contributed by atoms with van der Waals surface area (Å²) in [5.41, 5.74) is 1.31. The second-order valence-corrected chi connectivity index (χ2v) is 4.93. The van der Waals surface area contributed by atoms with E-state index in [0.717, 1.165) is 24.1 Å². The van der Waals surface area contributed by atoms with Crippen molar-refractivity contribution in [1.29, 1.82) is 0 Å². The van der Waals surface area contributed by atoms with Crippen LogP contribution in [0.1, 0.15) is 18.4 Å². The van der Waals surface area contributed by atoms with Crippen molar-refractivity contribution in [3.05, 3.63) is 33.9 Å². The predicted octanol–water partition coefficient (Wildman–Crippen LogP) is 1.86. The normalized spacial score (nSPS) is 18.0. The van der Waals surface area contributed by atoms with Crippen LogP contribution in [0.2, 0.25) is 0 Å². The number of nitro groups is 1. The van der Waals surface area contributed by atoms with E-state index in [1.807, 2.05) is 6.92 Å². The van der Waals surface area contributed by atoms with Crippen LogP contribution in [0, 0.1) is 17.0 Å². The Hall–Kier alpha value is -1.66. The molecular formula is C13H18N2O4. The number of benzene rings is 1. The summed E-state index contributed by atoms with van der Waals surface area (Å²) < 4.78 is 5.30. The summed E-state index contributed by atoms with van der Waals surface area (Å²) in [4.78, 5) is 10.3. The van der Waals surface area contributed by atoms with E-state index < -0.39 is 4.92 Å². The molecule has 0 saturated carbocycles. The van der Waals surface area contributed by atoms with Crippen molar-refractivity contribution >= 4 is 11.4 Å². The largest absolute Gasteiger partial charge is 0.394 e. The second-order valence-electron chi connectivity index (χ2n) is 4.93. The zero-order valence-electron chi connectivity index (χ0n) is 10.9. The van der Waals surface area contributed by atoms with Crippen LogP contribution in [0.4, 0.5) is 11.4 Å². The molecule has 1 fully saturated rings. The molecule has 1 aromatic rings. The van der Waals surface area contributed by atoms with Gasteiger partial charge < -0.3 is 15.2 Å². The molecule has 0 bridgehead atoms. The number of nitrogens with zero attached hydrogens (tertiary/aromatic N) is 1. The van der Waals surface area contributed by atoms with E-state index in [-0.39, 0.29) is 17.8 Å². The molecule has 19 heavy (non-hydrogen) atoms.